The van der Waals surface area contributed by atoms with Gasteiger partial charge < -0.3 is 11.1 Å². The molecule has 1 atom stereocenters. The van der Waals surface area contributed by atoms with E-state index in [2.05, 4.69) is 20.5 Å². The molecule has 0 spiro atoms. The summed E-state index contributed by atoms with van der Waals surface area (Å²) in [5, 5.41) is 9.89. The number of carbonyl (C=O) groups is 1. The summed E-state index contributed by atoms with van der Waals surface area (Å²) in [4.78, 5) is 16.3. The van der Waals surface area contributed by atoms with Gasteiger partial charge in [0.1, 0.15) is 5.82 Å². The van der Waals surface area contributed by atoms with Crippen LogP contribution in [0, 0.1) is 5.82 Å². The number of aromatic nitrogens is 3. The first kappa shape index (κ1) is 14.2. The van der Waals surface area contributed by atoms with E-state index in [0.29, 0.717) is 22.3 Å². The fraction of sp³-hybridized carbons (Fsp3) is 0.133. The smallest absolute Gasteiger partial charge is 0.258 e. The van der Waals surface area contributed by atoms with E-state index in [4.69, 9.17) is 5.73 Å². The van der Waals surface area contributed by atoms with Gasteiger partial charge in [0.25, 0.3) is 5.91 Å². The van der Waals surface area contributed by atoms with E-state index in [9.17, 15) is 9.18 Å². The predicted molar refractivity (Wildman–Crippen MR) is 80.8 cm³/mol. The number of halogens is 1. The van der Waals surface area contributed by atoms with Crippen molar-refractivity contribution in [3.63, 3.8) is 0 Å². The van der Waals surface area contributed by atoms with Crippen LogP contribution in [0.15, 0.2) is 36.7 Å². The van der Waals surface area contributed by atoms with Crippen LogP contribution in [-0.2, 0) is 0 Å². The molecule has 1 aromatic carbocycles. The Hall–Kier alpha value is -2.80. The molecule has 112 valence electrons. The summed E-state index contributed by atoms with van der Waals surface area (Å²) < 4.78 is 14.1. The molecule has 2 aromatic heterocycles. The van der Waals surface area contributed by atoms with Crippen LogP contribution in [-0.4, -0.2) is 21.1 Å². The van der Waals surface area contributed by atoms with E-state index in [1.807, 2.05) is 0 Å². The van der Waals surface area contributed by atoms with E-state index < -0.39 is 11.7 Å². The molecule has 6 nitrogen and oxygen atoms in total. The van der Waals surface area contributed by atoms with Crippen LogP contribution in [0.1, 0.15) is 28.9 Å². The van der Waals surface area contributed by atoms with Gasteiger partial charge in [0, 0.05) is 12.2 Å². The minimum Gasteiger partial charge on any atom is -0.324 e. The van der Waals surface area contributed by atoms with Gasteiger partial charge in [-0.25, -0.2) is 9.37 Å². The molecule has 3 aromatic rings. The van der Waals surface area contributed by atoms with Crippen molar-refractivity contribution in [1.82, 2.24) is 15.2 Å². The summed E-state index contributed by atoms with van der Waals surface area (Å²) in [6.07, 6.45) is 3.08. The number of benzene rings is 1. The van der Waals surface area contributed by atoms with Crippen molar-refractivity contribution in [1.29, 1.82) is 0 Å². The Morgan fingerprint density at radius 2 is 2.23 bits per heavy atom. The van der Waals surface area contributed by atoms with Crippen LogP contribution < -0.4 is 11.1 Å². The highest BCUT2D eigenvalue weighted by Gasteiger charge is 2.15. The summed E-state index contributed by atoms with van der Waals surface area (Å²) in [5.74, 6) is -1.15. The number of hydrogen-bond acceptors (Lipinski definition) is 4. The monoisotopic (exact) mass is 299 g/mol. The second-order valence-electron chi connectivity index (χ2n) is 4.97. The van der Waals surface area contributed by atoms with Crippen molar-refractivity contribution in [3.05, 3.63) is 53.6 Å². The lowest BCUT2D eigenvalue weighted by Gasteiger charge is -2.10. The Bertz CT molecular complexity index is 843. The largest absolute Gasteiger partial charge is 0.324 e. The molecule has 7 heteroatoms. The van der Waals surface area contributed by atoms with Gasteiger partial charge in [-0.1, -0.05) is 6.07 Å². The molecular weight excluding hydrogens is 285 g/mol. The lowest BCUT2D eigenvalue weighted by atomic mass is 10.1. The standard InChI is InChI=1S/C15H14FN5O/c1-8(17)9-2-3-10(12(16)6-9)15(22)20-13-4-5-18-14-11(13)7-19-21-14/h2-8H,17H2,1H3,(H2,18,19,20,21,22). The third kappa shape index (κ3) is 2.53. The molecule has 0 bridgehead atoms. The van der Waals surface area contributed by atoms with Crippen LogP contribution >= 0.6 is 0 Å². The van der Waals surface area contributed by atoms with Gasteiger partial charge in [0.05, 0.1) is 22.8 Å². The number of pyridine rings is 1. The number of H-pyrrole nitrogens is 1. The Kier molecular flexibility index (Phi) is 3.56. The number of nitrogens with one attached hydrogen (secondary N) is 2. The van der Waals surface area contributed by atoms with Crippen molar-refractivity contribution in [3.8, 4) is 0 Å². The molecule has 1 amide bonds. The molecule has 1 unspecified atom stereocenters. The van der Waals surface area contributed by atoms with E-state index in [-0.39, 0.29) is 11.6 Å². The predicted octanol–water partition coefficient (Wildman–Crippen LogP) is 2.37. The van der Waals surface area contributed by atoms with Crippen molar-refractivity contribution in [2.45, 2.75) is 13.0 Å². The molecule has 0 aliphatic carbocycles. The third-order valence-corrected chi connectivity index (χ3v) is 3.37. The molecular formula is C15H14FN5O. The van der Waals surface area contributed by atoms with E-state index in [1.54, 1.807) is 25.3 Å². The summed E-state index contributed by atoms with van der Waals surface area (Å²) in [7, 11) is 0. The maximum atomic E-state index is 14.1. The van der Waals surface area contributed by atoms with E-state index in [1.165, 1.54) is 18.3 Å². The first-order chi connectivity index (χ1) is 10.6. The fourth-order valence-corrected chi connectivity index (χ4v) is 2.15. The third-order valence-electron chi connectivity index (χ3n) is 3.37. The number of carbonyl (C=O) groups excluding carboxylic acids is 1. The van der Waals surface area contributed by atoms with E-state index >= 15 is 0 Å². The molecule has 0 fully saturated rings. The van der Waals surface area contributed by atoms with Gasteiger partial charge in [-0.15, -0.1) is 0 Å². The Balaban J connectivity index is 1.90. The zero-order valence-corrected chi connectivity index (χ0v) is 11.8. The molecule has 3 rings (SSSR count). The highest BCUT2D eigenvalue weighted by atomic mass is 19.1. The highest BCUT2D eigenvalue weighted by Crippen LogP contribution is 2.21. The molecule has 0 radical (unpaired) electrons. The lowest BCUT2D eigenvalue weighted by molar-refractivity contribution is 0.102. The lowest BCUT2D eigenvalue weighted by Crippen LogP contribution is -2.15. The average molecular weight is 299 g/mol. The molecule has 0 saturated carbocycles. The van der Waals surface area contributed by atoms with Gasteiger partial charge in [-0.05, 0) is 30.7 Å². The SMILES string of the molecule is CC(N)c1ccc(C(=O)Nc2ccnc3[nH]ncc23)c(F)c1. The number of amides is 1. The van der Waals surface area contributed by atoms with Gasteiger partial charge in [-0.3, -0.25) is 9.89 Å². The molecule has 2 heterocycles. The summed E-state index contributed by atoms with van der Waals surface area (Å²) >= 11 is 0. The summed E-state index contributed by atoms with van der Waals surface area (Å²) in [6, 6.07) is 5.68. The molecule has 0 saturated heterocycles. The van der Waals surface area contributed by atoms with Crippen molar-refractivity contribution in [2.75, 3.05) is 5.32 Å². The second kappa shape index (κ2) is 5.53. The topological polar surface area (TPSA) is 96.7 Å². The van der Waals surface area contributed by atoms with Crippen LogP contribution in [0.3, 0.4) is 0 Å². The molecule has 22 heavy (non-hydrogen) atoms. The van der Waals surface area contributed by atoms with Crippen LogP contribution in [0.4, 0.5) is 10.1 Å². The first-order valence-electron chi connectivity index (χ1n) is 6.70. The number of hydrogen-bond donors (Lipinski definition) is 3. The van der Waals surface area contributed by atoms with Gasteiger partial charge in [0.2, 0.25) is 0 Å². The number of fused-ring (bicyclic) bond motifs is 1. The second-order valence-corrected chi connectivity index (χ2v) is 4.97. The number of anilines is 1. The Labute approximate surface area is 125 Å². The van der Waals surface area contributed by atoms with Crippen LogP contribution in [0.5, 0.6) is 0 Å². The minimum absolute atomic E-state index is 0.0437. The fourth-order valence-electron chi connectivity index (χ4n) is 2.15. The normalized spacial score (nSPS) is 12.3. The molecule has 0 aliphatic rings. The maximum absolute atomic E-state index is 14.1. The quantitative estimate of drug-likeness (QED) is 0.691. The number of aromatic amines is 1. The molecule has 0 aliphatic heterocycles. The number of nitrogens with zero attached hydrogens (tertiary/aromatic N) is 2. The van der Waals surface area contributed by atoms with Gasteiger partial charge in [-0.2, -0.15) is 5.10 Å². The number of nitrogens with two attached hydrogens (primary N) is 1. The van der Waals surface area contributed by atoms with E-state index in [0.717, 1.165) is 0 Å². The van der Waals surface area contributed by atoms with Crippen LogP contribution in [0.2, 0.25) is 0 Å². The Morgan fingerprint density at radius 1 is 1.41 bits per heavy atom. The van der Waals surface area contributed by atoms with Gasteiger partial charge >= 0.3 is 0 Å². The zero-order valence-electron chi connectivity index (χ0n) is 11.8. The summed E-state index contributed by atoms with van der Waals surface area (Å²) in [5.41, 5.74) is 7.35. The van der Waals surface area contributed by atoms with Gasteiger partial charge in [0.15, 0.2) is 5.65 Å². The summed E-state index contributed by atoms with van der Waals surface area (Å²) in [6.45, 7) is 1.75. The first-order valence-corrected chi connectivity index (χ1v) is 6.70. The van der Waals surface area contributed by atoms with Crippen LogP contribution in [0.25, 0.3) is 11.0 Å². The highest BCUT2D eigenvalue weighted by molar-refractivity contribution is 6.08. The number of rotatable bonds is 3. The zero-order chi connectivity index (χ0) is 15.7. The minimum atomic E-state index is -0.607. The average Bonchev–Trinajstić information content (AvgIpc) is 2.96. The maximum Gasteiger partial charge on any atom is 0.258 e. The molecule has 4 N–H and O–H groups in total. The van der Waals surface area contributed by atoms with Crippen molar-refractivity contribution < 1.29 is 9.18 Å². The Morgan fingerprint density at radius 3 is 2.95 bits per heavy atom. The van der Waals surface area contributed by atoms with Crippen molar-refractivity contribution >= 4 is 22.6 Å². The van der Waals surface area contributed by atoms with Crippen molar-refractivity contribution in [2.24, 2.45) is 5.73 Å².